The summed E-state index contributed by atoms with van der Waals surface area (Å²) in [5.74, 6) is -0.294. The van der Waals surface area contributed by atoms with Crippen molar-refractivity contribution in [1.82, 2.24) is 5.32 Å². The summed E-state index contributed by atoms with van der Waals surface area (Å²) in [7, 11) is 1.64. The van der Waals surface area contributed by atoms with Crippen LogP contribution in [0.1, 0.15) is 13.3 Å². The van der Waals surface area contributed by atoms with Gasteiger partial charge in [-0.2, -0.15) is 0 Å². The SMILES string of the molecule is COCCOCCOCCNC(C)CC(N)=O. The van der Waals surface area contributed by atoms with Gasteiger partial charge in [0.25, 0.3) is 0 Å². The second kappa shape index (κ2) is 11.8. The zero-order valence-corrected chi connectivity index (χ0v) is 10.7. The summed E-state index contributed by atoms with van der Waals surface area (Å²) in [6.45, 7) is 5.54. The van der Waals surface area contributed by atoms with Gasteiger partial charge in [0, 0.05) is 26.1 Å². The monoisotopic (exact) mass is 248 g/mol. The summed E-state index contributed by atoms with van der Waals surface area (Å²) >= 11 is 0. The van der Waals surface area contributed by atoms with E-state index in [-0.39, 0.29) is 11.9 Å². The maximum absolute atomic E-state index is 10.6. The number of primary amides is 1. The zero-order chi connectivity index (χ0) is 12.9. The molecule has 0 saturated heterocycles. The maximum Gasteiger partial charge on any atom is 0.218 e. The molecule has 102 valence electrons. The third-order valence-electron chi connectivity index (χ3n) is 2.05. The van der Waals surface area contributed by atoms with Crippen LogP contribution in [-0.2, 0) is 19.0 Å². The minimum absolute atomic E-state index is 0.0917. The first-order valence-corrected chi connectivity index (χ1v) is 5.83. The van der Waals surface area contributed by atoms with Crippen molar-refractivity contribution in [3.63, 3.8) is 0 Å². The molecule has 1 unspecified atom stereocenters. The molecule has 0 aromatic rings. The second-order valence-electron chi connectivity index (χ2n) is 3.74. The molecule has 1 atom stereocenters. The number of rotatable bonds is 12. The van der Waals surface area contributed by atoms with Crippen molar-refractivity contribution in [3.05, 3.63) is 0 Å². The molecule has 1 amide bonds. The molecule has 0 aliphatic carbocycles. The van der Waals surface area contributed by atoms with Crippen molar-refractivity contribution < 1.29 is 19.0 Å². The molecular formula is C11H24N2O4. The standard InChI is InChI=1S/C11H24N2O4/c1-10(9-11(12)14)13-3-4-16-7-8-17-6-5-15-2/h10,13H,3-9H2,1-2H3,(H2,12,14). The number of methoxy groups -OCH3 is 1. The van der Waals surface area contributed by atoms with Crippen molar-refractivity contribution >= 4 is 5.91 Å². The zero-order valence-electron chi connectivity index (χ0n) is 10.7. The lowest BCUT2D eigenvalue weighted by atomic mass is 10.2. The summed E-state index contributed by atoms with van der Waals surface area (Å²) < 4.78 is 15.4. The van der Waals surface area contributed by atoms with Gasteiger partial charge < -0.3 is 25.3 Å². The molecule has 0 radical (unpaired) electrons. The third kappa shape index (κ3) is 13.2. The molecule has 0 fully saturated rings. The number of hydrogen-bond donors (Lipinski definition) is 2. The summed E-state index contributed by atoms with van der Waals surface area (Å²) in [5.41, 5.74) is 5.07. The lowest BCUT2D eigenvalue weighted by Crippen LogP contribution is -2.33. The van der Waals surface area contributed by atoms with E-state index in [1.165, 1.54) is 0 Å². The number of nitrogens with one attached hydrogen (secondary N) is 1. The van der Waals surface area contributed by atoms with E-state index >= 15 is 0 Å². The van der Waals surface area contributed by atoms with Crippen molar-refractivity contribution in [3.8, 4) is 0 Å². The molecule has 0 aliphatic rings. The Bertz CT molecular complexity index is 190. The first kappa shape index (κ1) is 16.3. The van der Waals surface area contributed by atoms with Crippen LogP contribution < -0.4 is 11.1 Å². The summed E-state index contributed by atoms with van der Waals surface area (Å²) in [6.07, 6.45) is 0.347. The van der Waals surface area contributed by atoms with Gasteiger partial charge in [-0.1, -0.05) is 0 Å². The van der Waals surface area contributed by atoms with Gasteiger partial charge in [0.2, 0.25) is 5.91 Å². The average molecular weight is 248 g/mol. The minimum atomic E-state index is -0.294. The van der Waals surface area contributed by atoms with Crippen LogP contribution in [0.15, 0.2) is 0 Å². The third-order valence-corrected chi connectivity index (χ3v) is 2.05. The van der Waals surface area contributed by atoms with Gasteiger partial charge in [0.1, 0.15) is 0 Å². The van der Waals surface area contributed by atoms with Crippen molar-refractivity contribution in [2.24, 2.45) is 5.73 Å². The Balaban J connectivity index is 3.10. The maximum atomic E-state index is 10.6. The lowest BCUT2D eigenvalue weighted by Gasteiger charge is -2.11. The Morgan fingerprint density at radius 2 is 1.76 bits per heavy atom. The largest absolute Gasteiger partial charge is 0.382 e. The van der Waals surface area contributed by atoms with Gasteiger partial charge in [-0.15, -0.1) is 0 Å². The molecule has 0 heterocycles. The molecular weight excluding hydrogens is 224 g/mol. The highest BCUT2D eigenvalue weighted by atomic mass is 16.5. The van der Waals surface area contributed by atoms with Gasteiger partial charge in [0.15, 0.2) is 0 Å². The highest BCUT2D eigenvalue weighted by molar-refractivity contribution is 5.74. The summed E-state index contributed by atoms with van der Waals surface area (Å²) in [4.78, 5) is 10.6. The fourth-order valence-electron chi connectivity index (χ4n) is 1.22. The molecule has 0 aromatic heterocycles. The topological polar surface area (TPSA) is 82.8 Å². The van der Waals surface area contributed by atoms with Crippen LogP contribution in [0.2, 0.25) is 0 Å². The van der Waals surface area contributed by atoms with Crippen molar-refractivity contribution in [2.45, 2.75) is 19.4 Å². The van der Waals surface area contributed by atoms with Gasteiger partial charge in [-0.05, 0) is 6.92 Å². The smallest absolute Gasteiger partial charge is 0.218 e. The number of ether oxygens (including phenoxy) is 3. The van der Waals surface area contributed by atoms with E-state index in [4.69, 9.17) is 19.9 Å². The number of nitrogens with two attached hydrogens (primary N) is 1. The van der Waals surface area contributed by atoms with Crippen LogP contribution >= 0.6 is 0 Å². The molecule has 6 heteroatoms. The van der Waals surface area contributed by atoms with Gasteiger partial charge >= 0.3 is 0 Å². The van der Waals surface area contributed by atoms with Gasteiger partial charge in [0.05, 0.1) is 33.0 Å². The van der Waals surface area contributed by atoms with E-state index in [0.29, 0.717) is 46.0 Å². The fourth-order valence-corrected chi connectivity index (χ4v) is 1.22. The number of hydrogen-bond acceptors (Lipinski definition) is 5. The molecule has 6 nitrogen and oxygen atoms in total. The molecule has 17 heavy (non-hydrogen) atoms. The molecule has 0 saturated carbocycles. The molecule has 0 rings (SSSR count). The quantitative estimate of drug-likeness (QED) is 0.456. The van der Waals surface area contributed by atoms with E-state index < -0.39 is 0 Å². The van der Waals surface area contributed by atoms with Crippen molar-refractivity contribution in [1.29, 1.82) is 0 Å². The predicted octanol–water partition coefficient (Wildman–Crippen LogP) is -0.480. The Labute approximate surface area is 103 Å². The van der Waals surface area contributed by atoms with Crippen molar-refractivity contribution in [2.75, 3.05) is 46.7 Å². The lowest BCUT2D eigenvalue weighted by molar-refractivity contribution is -0.118. The van der Waals surface area contributed by atoms with Crippen LogP contribution in [-0.4, -0.2) is 58.6 Å². The number of carbonyl (C=O) groups is 1. The average Bonchev–Trinajstić information content (AvgIpc) is 2.26. The normalized spacial score (nSPS) is 12.6. The molecule has 3 N–H and O–H groups in total. The van der Waals surface area contributed by atoms with Gasteiger partial charge in [-0.25, -0.2) is 0 Å². The van der Waals surface area contributed by atoms with E-state index in [2.05, 4.69) is 5.32 Å². The van der Waals surface area contributed by atoms with E-state index in [0.717, 1.165) is 0 Å². The molecule has 0 bridgehead atoms. The Morgan fingerprint density at radius 1 is 1.18 bits per heavy atom. The van der Waals surface area contributed by atoms with Gasteiger partial charge in [-0.3, -0.25) is 4.79 Å². The van der Waals surface area contributed by atoms with Crippen LogP contribution in [0, 0.1) is 0 Å². The molecule has 0 aliphatic heterocycles. The molecule has 0 spiro atoms. The summed E-state index contributed by atoms with van der Waals surface area (Å²) in [5, 5.41) is 3.14. The van der Waals surface area contributed by atoms with E-state index in [1.54, 1.807) is 7.11 Å². The first-order chi connectivity index (χ1) is 8.16. The minimum Gasteiger partial charge on any atom is -0.382 e. The highest BCUT2D eigenvalue weighted by Crippen LogP contribution is 1.88. The van der Waals surface area contributed by atoms with E-state index in [1.807, 2.05) is 6.92 Å². The van der Waals surface area contributed by atoms with Crippen LogP contribution in [0.4, 0.5) is 0 Å². The first-order valence-electron chi connectivity index (χ1n) is 5.83. The highest BCUT2D eigenvalue weighted by Gasteiger charge is 2.03. The van der Waals surface area contributed by atoms with Crippen LogP contribution in [0.5, 0.6) is 0 Å². The predicted molar refractivity (Wildman–Crippen MR) is 64.8 cm³/mol. The fraction of sp³-hybridized carbons (Fsp3) is 0.909. The Hall–Kier alpha value is -0.690. The number of amides is 1. The second-order valence-corrected chi connectivity index (χ2v) is 3.74. The Morgan fingerprint density at radius 3 is 2.35 bits per heavy atom. The van der Waals surface area contributed by atoms with E-state index in [9.17, 15) is 4.79 Å². The number of carbonyl (C=O) groups excluding carboxylic acids is 1. The summed E-state index contributed by atoms with van der Waals surface area (Å²) in [6, 6.07) is 0.0917. The van der Waals surface area contributed by atoms with Crippen LogP contribution in [0.3, 0.4) is 0 Å². The Kier molecular flexibility index (Phi) is 11.3. The van der Waals surface area contributed by atoms with Crippen LogP contribution in [0.25, 0.3) is 0 Å². The molecule has 0 aromatic carbocycles.